The third-order valence-corrected chi connectivity index (χ3v) is 7.48. The Balaban J connectivity index is 1.52. The third kappa shape index (κ3) is 4.66. The van der Waals surface area contributed by atoms with E-state index < -0.39 is 0 Å². The molecule has 1 aliphatic carbocycles. The van der Waals surface area contributed by atoms with E-state index in [1.807, 2.05) is 25.1 Å². The molecule has 182 valence electrons. The minimum atomic E-state index is -0.0305. The lowest BCUT2D eigenvalue weighted by Gasteiger charge is -2.35. The lowest BCUT2D eigenvalue weighted by atomic mass is 9.99. The van der Waals surface area contributed by atoms with Crippen molar-refractivity contribution in [2.45, 2.75) is 84.0 Å². The van der Waals surface area contributed by atoms with Gasteiger partial charge in [-0.2, -0.15) is 0 Å². The maximum Gasteiger partial charge on any atom is 0.252 e. The summed E-state index contributed by atoms with van der Waals surface area (Å²) < 4.78 is 8.09. The van der Waals surface area contributed by atoms with E-state index in [-0.39, 0.29) is 23.6 Å². The summed E-state index contributed by atoms with van der Waals surface area (Å²) in [5.74, 6) is 1.18. The Morgan fingerprint density at radius 2 is 2.03 bits per heavy atom. The molecule has 5 rings (SSSR count). The predicted molar refractivity (Wildman–Crippen MR) is 132 cm³/mol. The molecule has 3 heterocycles. The van der Waals surface area contributed by atoms with Gasteiger partial charge in [0.1, 0.15) is 0 Å². The van der Waals surface area contributed by atoms with Gasteiger partial charge < -0.3 is 9.72 Å². The molecule has 0 unspecified atom stereocenters. The number of aryl methyl sites for hydroxylation is 1. The number of H-pyrrole nitrogens is 1. The van der Waals surface area contributed by atoms with Crippen LogP contribution in [0.4, 0.5) is 0 Å². The predicted octanol–water partition coefficient (Wildman–Crippen LogP) is 4.32. The number of fused-ring (bicyclic) bond motifs is 1. The van der Waals surface area contributed by atoms with E-state index in [9.17, 15) is 4.79 Å². The summed E-state index contributed by atoms with van der Waals surface area (Å²) in [7, 11) is 0. The van der Waals surface area contributed by atoms with Gasteiger partial charge in [-0.3, -0.25) is 9.69 Å². The van der Waals surface area contributed by atoms with E-state index in [4.69, 9.17) is 4.74 Å². The summed E-state index contributed by atoms with van der Waals surface area (Å²) in [4.78, 5) is 18.7. The van der Waals surface area contributed by atoms with Crippen molar-refractivity contribution in [2.75, 3.05) is 13.2 Å². The fraction of sp³-hybridized carbons (Fsp3) is 0.615. The molecule has 34 heavy (non-hydrogen) atoms. The van der Waals surface area contributed by atoms with Crippen molar-refractivity contribution < 1.29 is 4.74 Å². The minimum absolute atomic E-state index is 0.00703. The highest BCUT2D eigenvalue weighted by Crippen LogP contribution is 2.35. The normalized spacial score (nSPS) is 20.2. The van der Waals surface area contributed by atoms with Crippen LogP contribution in [0.5, 0.6) is 0 Å². The summed E-state index contributed by atoms with van der Waals surface area (Å²) >= 11 is 0. The second kappa shape index (κ2) is 9.96. The lowest BCUT2D eigenvalue weighted by molar-refractivity contribution is 0.0379. The van der Waals surface area contributed by atoms with Crippen LogP contribution in [0.25, 0.3) is 10.9 Å². The molecule has 8 heteroatoms. The van der Waals surface area contributed by atoms with Gasteiger partial charge in [-0.05, 0) is 66.0 Å². The number of aromatic nitrogens is 5. The average molecular weight is 465 g/mol. The summed E-state index contributed by atoms with van der Waals surface area (Å²) in [5.41, 5.74) is 2.72. The Labute approximate surface area is 200 Å². The van der Waals surface area contributed by atoms with Gasteiger partial charge in [0.15, 0.2) is 5.82 Å². The summed E-state index contributed by atoms with van der Waals surface area (Å²) in [6.07, 6.45) is 6.99. The minimum Gasteiger partial charge on any atom is -0.377 e. The number of hydrogen-bond donors (Lipinski definition) is 1. The molecule has 1 saturated carbocycles. The van der Waals surface area contributed by atoms with Crippen molar-refractivity contribution in [3.05, 3.63) is 51.6 Å². The monoisotopic (exact) mass is 464 g/mol. The van der Waals surface area contributed by atoms with Gasteiger partial charge in [0, 0.05) is 25.3 Å². The van der Waals surface area contributed by atoms with Crippen LogP contribution in [0.1, 0.15) is 81.4 Å². The average Bonchev–Trinajstić information content (AvgIpc) is 3.58. The number of pyridine rings is 1. The molecule has 2 aliphatic rings. The first-order chi connectivity index (χ1) is 16.5. The summed E-state index contributed by atoms with van der Waals surface area (Å²) in [6.45, 7) is 8.55. The number of tetrazole rings is 1. The molecule has 0 amide bonds. The molecule has 0 radical (unpaired) electrons. The molecule has 1 aromatic carbocycles. The highest BCUT2D eigenvalue weighted by atomic mass is 16.5. The van der Waals surface area contributed by atoms with Crippen molar-refractivity contribution >= 4 is 10.9 Å². The Kier molecular flexibility index (Phi) is 6.79. The number of aromatic amines is 1. The van der Waals surface area contributed by atoms with Crippen LogP contribution in [0, 0.1) is 12.8 Å². The van der Waals surface area contributed by atoms with E-state index in [0.717, 1.165) is 66.7 Å². The number of ether oxygens (including phenoxy) is 1. The maximum atomic E-state index is 13.2. The Hall–Kier alpha value is -2.58. The molecule has 2 fully saturated rings. The third-order valence-electron chi connectivity index (χ3n) is 7.48. The van der Waals surface area contributed by atoms with Crippen molar-refractivity contribution in [1.82, 2.24) is 30.1 Å². The molecule has 1 N–H and O–H groups in total. The number of nitrogens with zero attached hydrogens (tertiary/aromatic N) is 5. The van der Waals surface area contributed by atoms with E-state index in [1.165, 1.54) is 12.8 Å². The zero-order valence-corrected chi connectivity index (χ0v) is 20.5. The molecule has 0 spiro atoms. The van der Waals surface area contributed by atoms with Gasteiger partial charge in [-0.25, -0.2) is 4.68 Å². The number of rotatable bonds is 8. The Morgan fingerprint density at radius 3 is 2.76 bits per heavy atom. The van der Waals surface area contributed by atoms with Crippen LogP contribution in [-0.2, 0) is 11.3 Å². The number of hydrogen-bond acceptors (Lipinski definition) is 6. The SMILES string of the molecule is Cc1cccc2cc(CN(C[C@H]3CCCO3)[C@H](c3nnnn3C3CCCC3)C(C)C)c(=O)[nH]c12. The van der Waals surface area contributed by atoms with E-state index >= 15 is 0 Å². The van der Waals surface area contributed by atoms with Gasteiger partial charge in [0.25, 0.3) is 5.56 Å². The quantitative estimate of drug-likeness (QED) is 0.534. The molecule has 8 nitrogen and oxygen atoms in total. The maximum absolute atomic E-state index is 13.2. The fourth-order valence-corrected chi connectivity index (χ4v) is 5.78. The first-order valence-electron chi connectivity index (χ1n) is 12.8. The molecule has 1 saturated heterocycles. The Bertz CT molecular complexity index is 1170. The fourth-order valence-electron chi connectivity index (χ4n) is 5.78. The zero-order valence-electron chi connectivity index (χ0n) is 20.5. The summed E-state index contributed by atoms with van der Waals surface area (Å²) in [5, 5.41) is 14.1. The number of nitrogens with one attached hydrogen (secondary N) is 1. The van der Waals surface area contributed by atoms with Crippen molar-refractivity contribution in [1.29, 1.82) is 0 Å². The van der Waals surface area contributed by atoms with Crippen molar-refractivity contribution in [3.63, 3.8) is 0 Å². The van der Waals surface area contributed by atoms with E-state index in [0.29, 0.717) is 12.6 Å². The topological polar surface area (TPSA) is 88.9 Å². The van der Waals surface area contributed by atoms with Crippen molar-refractivity contribution in [2.24, 2.45) is 5.92 Å². The first-order valence-corrected chi connectivity index (χ1v) is 12.8. The van der Waals surface area contributed by atoms with Gasteiger partial charge in [0.2, 0.25) is 0 Å². The largest absolute Gasteiger partial charge is 0.377 e. The second-order valence-corrected chi connectivity index (χ2v) is 10.3. The number of benzene rings is 1. The smallest absolute Gasteiger partial charge is 0.252 e. The highest BCUT2D eigenvalue weighted by molar-refractivity contribution is 5.81. The molecular weight excluding hydrogens is 428 g/mol. The van der Waals surface area contributed by atoms with Gasteiger partial charge in [0.05, 0.1) is 23.7 Å². The molecular formula is C26H36N6O2. The van der Waals surface area contributed by atoms with Gasteiger partial charge in [-0.1, -0.05) is 44.9 Å². The van der Waals surface area contributed by atoms with Gasteiger partial charge in [-0.15, -0.1) is 5.10 Å². The van der Waals surface area contributed by atoms with Crippen molar-refractivity contribution in [3.8, 4) is 0 Å². The van der Waals surface area contributed by atoms with E-state index in [1.54, 1.807) is 0 Å². The van der Waals surface area contributed by atoms with Crippen LogP contribution in [-0.4, -0.2) is 49.3 Å². The van der Waals surface area contributed by atoms with Crippen LogP contribution >= 0.6 is 0 Å². The van der Waals surface area contributed by atoms with Crippen LogP contribution in [0.15, 0.2) is 29.1 Å². The zero-order chi connectivity index (χ0) is 23.7. The molecule has 1 aliphatic heterocycles. The molecule has 2 atom stereocenters. The van der Waals surface area contributed by atoms with E-state index in [2.05, 4.69) is 50.0 Å². The highest BCUT2D eigenvalue weighted by Gasteiger charge is 2.34. The van der Waals surface area contributed by atoms with Gasteiger partial charge >= 0.3 is 0 Å². The van der Waals surface area contributed by atoms with Crippen LogP contribution in [0.3, 0.4) is 0 Å². The standard InChI is InChI=1S/C26H36N6O2/c1-17(2)24(25-28-29-30-32(25)21-10-4-5-11-21)31(16-22-12-7-13-34-22)15-20-14-19-9-6-8-18(3)23(19)27-26(20)33/h6,8-9,14,17,21-22,24H,4-5,7,10-13,15-16H2,1-3H3,(H,27,33)/t22-,24+/m1/s1. The molecule has 0 bridgehead atoms. The second-order valence-electron chi connectivity index (χ2n) is 10.3. The first kappa shape index (κ1) is 23.2. The lowest BCUT2D eigenvalue weighted by Crippen LogP contribution is -2.40. The Morgan fingerprint density at radius 1 is 1.21 bits per heavy atom. The van der Waals surface area contributed by atoms with Crippen LogP contribution < -0.4 is 5.56 Å². The number of para-hydroxylation sites is 1. The molecule has 3 aromatic rings. The molecule has 2 aromatic heterocycles. The van der Waals surface area contributed by atoms with Crippen LogP contribution in [0.2, 0.25) is 0 Å². The summed E-state index contributed by atoms with van der Waals surface area (Å²) in [6, 6.07) is 8.53.